The highest BCUT2D eigenvalue weighted by Gasteiger charge is 2.05. The van der Waals surface area contributed by atoms with Crippen LogP contribution in [0.3, 0.4) is 0 Å². The first kappa shape index (κ1) is 15.9. The molecule has 0 amide bonds. The van der Waals surface area contributed by atoms with Crippen molar-refractivity contribution in [2.24, 2.45) is 5.10 Å². The molecule has 0 spiro atoms. The van der Waals surface area contributed by atoms with Crippen molar-refractivity contribution in [1.82, 2.24) is 9.97 Å². The van der Waals surface area contributed by atoms with E-state index in [9.17, 15) is 9.18 Å². The highest BCUT2D eigenvalue weighted by molar-refractivity contribution is 6.33. The summed E-state index contributed by atoms with van der Waals surface area (Å²) in [7, 11) is 0. The van der Waals surface area contributed by atoms with Crippen LogP contribution < -0.4 is 11.0 Å². The number of aromatic nitrogens is 2. The number of H-pyrrole nitrogens is 1. The van der Waals surface area contributed by atoms with Gasteiger partial charge in [0.2, 0.25) is 5.95 Å². The molecule has 3 rings (SSSR count). The molecule has 1 aromatic heterocycles. The second kappa shape index (κ2) is 7.06. The largest absolute Gasteiger partial charge is 0.291 e. The van der Waals surface area contributed by atoms with E-state index in [4.69, 9.17) is 11.6 Å². The maximum absolute atomic E-state index is 13.6. The minimum atomic E-state index is -0.493. The summed E-state index contributed by atoms with van der Waals surface area (Å²) in [6.07, 6.45) is 1.23. The number of hydrogen-bond donors (Lipinski definition) is 2. The Labute approximate surface area is 141 Å². The van der Waals surface area contributed by atoms with E-state index in [0.717, 1.165) is 5.56 Å². The first-order chi connectivity index (χ1) is 11.6. The summed E-state index contributed by atoms with van der Waals surface area (Å²) >= 11 is 5.91. The molecule has 0 aliphatic rings. The van der Waals surface area contributed by atoms with Crippen LogP contribution in [0.15, 0.2) is 64.5 Å². The second-order valence-corrected chi connectivity index (χ2v) is 5.26. The Balaban J connectivity index is 1.85. The van der Waals surface area contributed by atoms with Crippen molar-refractivity contribution in [2.45, 2.75) is 0 Å². The van der Waals surface area contributed by atoms with Crippen LogP contribution in [-0.2, 0) is 0 Å². The molecule has 1 heterocycles. The number of benzene rings is 2. The van der Waals surface area contributed by atoms with Gasteiger partial charge in [-0.3, -0.25) is 9.78 Å². The zero-order valence-electron chi connectivity index (χ0n) is 12.3. The lowest BCUT2D eigenvalue weighted by atomic mass is 10.1. The highest BCUT2D eigenvalue weighted by atomic mass is 35.5. The molecule has 0 saturated heterocycles. The molecule has 0 unspecified atom stereocenters. The first-order valence-corrected chi connectivity index (χ1v) is 7.41. The fourth-order valence-corrected chi connectivity index (χ4v) is 2.27. The topological polar surface area (TPSA) is 70.1 Å². The normalized spacial score (nSPS) is 10.9. The van der Waals surface area contributed by atoms with Crippen LogP contribution in [0.4, 0.5) is 10.3 Å². The molecular formula is C17H12ClFN4O. The second-order valence-electron chi connectivity index (χ2n) is 4.85. The SMILES string of the molecule is O=c1cc(-c2ccccc2)nc(N/N=C/c2c(F)cccc2Cl)[nH]1. The first-order valence-electron chi connectivity index (χ1n) is 7.03. The monoisotopic (exact) mass is 342 g/mol. The number of halogens is 2. The number of nitrogens with one attached hydrogen (secondary N) is 2. The van der Waals surface area contributed by atoms with Gasteiger partial charge in [-0.2, -0.15) is 5.10 Å². The van der Waals surface area contributed by atoms with Gasteiger partial charge in [-0.25, -0.2) is 14.8 Å². The molecule has 2 N–H and O–H groups in total. The minimum absolute atomic E-state index is 0.144. The van der Waals surface area contributed by atoms with Crippen LogP contribution in [-0.4, -0.2) is 16.2 Å². The molecule has 24 heavy (non-hydrogen) atoms. The zero-order valence-corrected chi connectivity index (χ0v) is 13.1. The third-order valence-corrected chi connectivity index (χ3v) is 3.50. The number of anilines is 1. The molecule has 0 aliphatic carbocycles. The summed E-state index contributed by atoms with van der Waals surface area (Å²) in [6, 6.07) is 15.0. The number of nitrogens with zero attached hydrogens (tertiary/aromatic N) is 2. The van der Waals surface area contributed by atoms with Gasteiger partial charge in [-0.05, 0) is 12.1 Å². The predicted octanol–water partition coefficient (Wildman–Crippen LogP) is 3.68. The van der Waals surface area contributed by atoms with Crippen LogP contribution in [0.25, 0.3) is 11.3 Å². The van der Waals surface area contributed by atoms with E-state index in [0.29, 0.717) is 5.69 Å². The molecule has 0 atom stereocenters. The quantitative estimate of drug-likeness (QED) is 0.561. The molecule has 0 bridgehead atoms. The van der Waals surface area contributed by atoms with Gasteiger partial charge in [-0.1, -0.05) is 48.0 Å². The predicted molar refractivity (Wildman–Crippen MR) is 92.9 cm³/mol. The van der Waals surface area contributed by atoms with E-state index < -0.39 is 5.82 Å². The van der Waals surface area contributed by atoms with Crippen molar-refractivity contribution in [3.8, 4) is 11.3 Å². The minimum Gasteiger partial charge on any atom is -0.291 e. The lowest BCUT2D eigenvalue weighted by Gasteiger charge is -2.04. The van der Waals surface area contributed by atoms with Crippen LogP contribution in [0, 0.1) is 5.82 Å². The Hall–Kier alpha value is -2.99. The van der Waals surface area contributed by atoms with E-state index in [-0.39, 0.29) is 22.1 Å². The fourth-order valence-electron chi connectivity index (χ4n) is 2.06. The molecule has 0 fully saturated rings. The van der Waals surface area contributed by atoms with Crippen molar-refractivity contribution in [3.63, 3.8) is 0 Å². The van der Waals surface area contributed by atoms with E-state index in [1.807, 2.05) is 30.3 Å². The summed E-state index contributed by atoms with van der Waals surface area (Å²) in [5.41, 5.74) is 3.69. The molecule has 0 saturated carbocycles. The fraction of sp³-hybridized carbons (Fsp3) is 0. The molecular weight excluding hydrogens is 331 g/mol. The Morgan fingerprint density at radius 2 is 1.96 bits per heavy atom. The summed E-state index contributed by atoms with van der Waals surface area (Å²) in [6.45, 7) is 0. The highest BCUT2D eigenvalue weighted by Crippen LogP contribution is 2.17. The smallest absolute Gasteiger partial charge is 0.252 e. The number of aromatic amines is 1. The van der Waals surface area contributed by atoms with Gasteiger partial charge in [0.15, 0.2) is 0 Å². The lowest BCUT2D eigenvalue weighted by Crippen LogP contribution is -2.10. The molecule has 0 aliphatic heterocycles. The third-order valence-electron chi connectivity index (χ3n) is 3.18. The van der Waals surface area contributed by atoms with Crippen LogP contribution in [0.1, 0.15) is 5.56 Å². The third kappa shape index (κ3) is 3.67. The molecule has 3 aromatic rings. The lowest BCUT2D eigenvalue weighted by molar-refractivity contribution is 0.626. The molecule has 5 nitrogen and oxygen atoms in total. The molecule has 7 heteroatoms. The van der Waals surface area contributed by atoms with Gasteiger partial charge in [0, 0.05) is 17.2 Å². The van der Waals surface area contributed by atoms with Crippen molar-refractivity contribution in [1.29, 1.82) is 0 Å². The average molecular weight is 343 g/mol. The van der Waals surface area contributed by atoms with E-state index in [1.165, 1.54) is 24.4 Å². The van der Waals surface area contributed by atoms with Crippen LogP contribution >= 0.6 is 11.6 Å². The Bertz CT molecular complexity index is 921. The molecule has 0 radical (unpaired) electrons. The summed E-state index contributed by atoms with van der Waals surface area (Å²) in [5, 5.41) is 4.11. The molecule has 120 valence electrons. The van der Waals surface area contributed by atoms with Gasteiger partial charge in [0.25, 0.3) is 5.56 Å². The van der Waals surface area contributed by atoms with E-state index in [2.05, 4.69) is 20.5 Å². The van der Waals surface area contributed by atoms with E-state index in [1.54, 1.807) is 6.07 Å². The maximum atomic E-state index is 13.6. The number of rotatable bonds is 4. The summed E-state index contributed by atoms with van der Waals surface area (Å²) in [5.74, 6) is -0.349. The average Bonchev–Trinajstić information content (AvgIpc) is 2.58. The Morgan fingerprint density at radius 3 is 2.71 bits per heavy atom. The van der Waals surface area contributed by atoms with E-state index >= 15 is 0 Å². The molecule has 2 aromatic carbocycles. The number of hydrazone groups is 1. The summed E-state index contributed by atoms with van der Waals surface area (Å²) in [4.78, 5) is 18.5. The zero-order chi connectivity index (χ0) is 16.9. The van der Waals surface area contributed by atoms with Crippen LogP contribution in [0.2, 0.25) is 5.02 Å². The van der Waals surface area contributed by atoms with Gasteiger partial charge in [-0.15, -0.1) is 0 Å². The van der Waals surface area contributed by atoms with Crippen molar-refractivity contribution < 1.29 is 4.39 Å². The Morgan fingerprint density at radius 1 is 1.17 bits per heavy atom. The Kier molecular flexibility index (Phi) is 4.67. The van der Waals surface area contributed by atoms with Crippen molar-refractivity contribution in [2.75, 3.05) is 5.43 Å². The summed E-state index contributed by atoms with van der Waals surface area (Å²) < 4.78 is 13.6. The van der Waals surface area contributed by atoms with Gasteiger partial charge < -0.3 is 0 Å². The van der Waals surface area contributed by atoms with Gasteiger partial charge in [0.1, 0.15) is 5.82 Å². The number of hydrogen-bond acceptors (Lipinski definition) is 4. The maximum Gasteiger partial charge on any atom is 0.252 e. The van der Waals surface area contributed by atoms with Crippen molar-refractivity contribution >= 4 is 23.8 Å². The van der Waals surface area contributed by atoms with Crippen LogP contribution in [0.5, 0.6) is 0 Å². The standard InChI is InChI=1S/C17H12ClFN4O/c18-13-7-4-8-14(19)12(13)10-20-23-17-21-15(9-16(24)22-17)11-5-2-1-3-6-11/h1-10H,(H2,21,22,23,24)/b20-10+. The van der Waals surface area contributed by atoms with Crippen molar-refractivity contribution in [3.05, 3.63) is 81.4 Å². The van der Waals surface area contributed by atoms with Gasteiger partial charge in [0.05, 0.1) is 16.9 Å². The van der Waals surface area contributed by atoms with Gasteiger partial charge >= 0.3 is 0 Å².